The molecule has 0 aliphatic rings. The van der Waals surface area contributed by atoms with Crippen LogP contribution in [0.1, 0.15) is 0 Å². The van der Waals surface area contributed by atoms with Gasteiger partial charge in [-0.3, -0.25) is 0 Å². The highest BCUT2D eigenvalue weighted by atomic mass is 32.1. The van der Waals surface area contributed by atoms with E-state index in [-0.39, 0.29) is 11.5 Å². The molecule has 0 saturated heterocycles. The van der Waals surface area contributed by atoms with Crippen LogP contribution in [0.3, 0.4) is 0 Å². The minimum atomic E-state index is 0.201. The van der Waals surface area contributed by atoms with Crippen molar-refractivity contribution in [1.82, 2.24) is 0 Å². The molecule has 0 aliphatic heterocycles. The Kier molecular flexibility index (Phi) is 3.56. The van der Waals surface area contributed by atoms with Crippen molar-refractivity contribution in [3.05, 3.63) is 24.3 Å². The molecule has 0 unspecified atom stereocenters. The first-order valence-corrected chi connectivity index (χ1v) is 4.73. The molecule has 3 nitrogen and oxygen atoms in total. The lowest BCUT2D eigenvalue weighted by atomic mass is 10.3. The summed E-state index contributed by atoms with van der Waals surface area (Å²) in [6, 6.07) is 7.04. The molecular formula is C7H6N2OS2. The standard InChI is InChI=1S/C7H6N2OS2/c1-11-8-6-2-4-7(5-3-6)9-12-10/h2-5H,1H2. The van der Waals surface area contributed by atoms with Gasteiger partial charge in [0, 0.05) is 0 Å². The highest BCUT2D eigenvalue weighted by Crippen LogP contribution is 2.17. The topological polar surface area (TPSA) is 41.8 Å². The van der Waals surface area contributed by atoms with Gasteiger partial charge in [0.15, 0.2) is 0 Å². The fraction of sp³-hybridized carbons (Fsp3) is 0. The van der Waals surface area contributed by atoms with Crippen LogP contribution in [0, 0.1) is 0 Å². The summed E-state index contributed by atoms with van der Waals surface area (Å²) in [4.78, 5) is 0. The zero-order valence-electron chi connectivity index (χ0n) is 6.14. The van der Waals surface area contributed by atoms with Gasteiger partial charge in [0.1, 0.15) is 0 Å². The van der Waals surface area contributed by atoms with Crippen LogP contribution >= 0.6 is 0 Å². The number of benzene rings is 1. The summed E-state index contributed by atoms with van der Waals surface area (Å²) in [5, 5.41) is 0. The van der Waals surface area contributed by atoms with Gasteiger partial charge < -0.3 is 0 Å². The van der Waals surface area contributed by atoms with E-state index in [1.807, 2.05) is 0 Å². The van der Waals surface area contributed by atoms with Crippen molar-refractivity contribution < 1.29 is 4.21 Å². The van der Waals surface area contributed by atoms with Crippen LogP contribution in [0.15, 0.2) is 33.0 Å². The van der Waals surface area contributed by atoms with Gasteiger partial charge in [0.05, 0.1) is 11.4 Å². The fourth-order valence-electron chi connectivity index (χ4n) is 0.692. The average Bonchev–Trinajstić information content (AvgIpc) is 2.09. The first kappa shape index (κ1) is 9.02. The van der Waals surface area contributed by atoms with Gasteiger partial charge >= 0.3 is 0 Å². The van der Waals surface area contributed by atoms with Gasteiger partial charge in [-0.2, -0.15) is 12.9 Å². The lowest BCUT2D eigenvalue weighted by Crippen LogP contribution is -1.62. The number of nitrogens with zero attached hydrogens (tertiary/aromatic N) is 2. The summed E-state index contributed by atoms with van der Waals surface area (Å²) >= 11 is 1.35. The minimum Gasteiger partial charge on any atom is -0.194 e. The summed E-state index contributed by atoms with van der Waals surface area (Å²) in [6.45, 7) is 0. The predicted octanol–water partition coefficient (Wildman–Crippen LogP) is 2.04. The second-order valence-corrected chi connectivity index (χ2v) is 2.68. The Morgan fingerprint density at radius 2 is 1.58 bits per heavy atom. The second kappa shape index (κ2) is 4.74. The van der Waals surface area contributed by atoms with Crippen LogP contribution in [0.4, 0.5) is 11.4 Å². The van der Waals surface area contributed by atoms with Crippen LogP contribution in [0.2, 0.25) is 0 Å². The minimum absolute atomic E-state index is 0.201. The maximum absolute atomic E-state index is 10.0. The maximum Gasteiger partial charge on any atom is 0.205 e. The smallest absolute Gasteiger partial charge is 0.194 e. The molecule has 0 aromatic heterocycles. The summed E-state index contributed by atoms with van der Waals surface area (Å²) in [5.41, 5.74) is 1.48. The Morgan fingerprint density at radius 3 is 2.00 bits per heavy atom. The maximum atomic E-state index is 10.0. The molecule has 0 radical (unpaired) electrons. The van der Waals surface area contributed by atoms with E-state index in [2.05, 4.69) is 14.6 Å². The first-order chi connectivity index (χ1) is 5.86. The summed E-state index contributed by atoms with van der Waals surface area (Å²) in [6.07, 6.45) is 0. The third-order valence-corrected chi connectivity index (χ3v) is 1.79. The van der Waals surface area contributed by atoms with Crippen LogP contribution in [0.25, 0.3) is 0 Å². The van der Waals surface area contributed by atoms with Crippen molar-refractivity contribution in [3.63, 3.8) is 0 Å². The van der Waals surface area contributed by atoms with E-state index in [0.29, 0.717) is 5.69 Å². The van der Waals surface area contributed by atoms with E-state index >= 15 is 0 Å². The molecule has 0 fully saturated rings. The largest absolute Gasteiger partial charge is 0.205 e. The third kappa shape index (κ3) is 2.52. The molecular weight excluding hydrogens is 192 g/mol. The van der Waals surface area contributed by atoms with E-state index in [9.17, 15) is 4.21 Å². The highest BCUT2D eigenvalue weighted by molar-refractivity contribution is 7.66. The highest BCUT2D eigenvalue weighted by Gasteiger charge is 1.88. The van der Waals surface area contributed by atoms with E-state index in [1.54, 1.807) is 24.3 Å². The lowest BCUT2D eigenvalue weighted by molar-refractivity contribution is 0.698. The van der Waals surface area contributed by atoms with Crippen LogP contribution < -0.4 is 0 Å². The average molecular weight is 198 g/mol. The summed E-state index contributed by atoms with van der Waals surface area (Å²) in [7, 11) is 0. The molecule has 62 valence electrons. The van der Waals surface area contributed by atoms with Crippen molar-refractivity contribution in [2.24, 2.45) is 8.73 Å². The molecule has 0 heterocycles. The number of hydrogen-bond acceptors (Lipinski definition) is 3. The van der Waals surface area contributed by atoms with Crippen LogP contribution in [-0.2, 0) is 22.6 Å². The van der Waals surface area contributed by atoms with Crippen molar-refractivity contribution >= 4 is 39.9 Å². The van der Waals surface area contributed by atoms with E-state index < -0.39 is 0 Å². The molecule has 1 rings (SSSR count). The van der Waals surface area contributed by atoms with E-state index in [0.717, 1.165) is 16.8 Å². The summed E-state index contributed by atoms with van der Waals surface area (Å²) in [5.74, 6) is 3.51. The molecule has 5 heteroatoms. The van der Waals surface area contributed by atoms with Gasteiger partial charge in [-0.25, -0.2) is 0 Å². The second-order valence-electron chi connectivity index (χ2n) is 1.90. The van der Waals surface area contributed by atoms with Gasteiger partial charge in [-0.1, -0.05) is 11.1 Å². The Bertz CT molecular complexity index is 324. The summed E-state index contributed by atoms with van der Waals surface area (Å²) < 4.78 is 17.6. The first-order valence-electron chi connectivity index (χ1n) is 3.09. The van der Waals surface area contributed by atoms with Crippen LogP contribution in [-0.4, -0.2) is 10.1 Å². The molecule has 0 saturated carbocycles. The van der Waals surface area contributed by atoms with Crippen molar-refractivity contribution in [3.8, 4) is 0 Å². The molecule has 1 aromatic rings. The molecule has 0 bridgehead atoms. The Labute approximate surface area is 77.4 Å². The number of hydrogen-bond donors (Lipinski definition) is 0. The predicted molar refractivity (Wildman–Crippen MR) is 53.2 cm³/mol. The van der Waals surface area contributed by atoms with Crippen molar-refractivity contribution in [1.29, 1.82) is 0 Å². The fourth-order valence-corrected chi connectivity index (χ4v) is 1.17. The monoisotopic (exact) mass is 198 g/mol. The molecule has 0 aliphatic carbocycles. The van der Waals surface area contributed by atoms with Gasteiger partial charge in [-0.05, 0) is 30.1 Å². The third-order valence-electron chi connectivity index (χ3n) is 1.16. The molecule has 0 amide bonds. The van der Waals surface area contributed by atoms with Gasteiger partial charge in [0.25, 0.3) is 0 Å². The SMILES string of the molecule is C=S=Nc1ccc(N=S=O)cc1. The molecule has 0 spiro atoms. The van der Waals surface area contributed by atoms with Gasteiger partial charge in [-0.15, -0.1) is 0 Å². The van der Waals surface area contributed by atoms with E-state index in [4.69, 9.17) is 0 Å². The Balaban J connectivity index is 2.99. The van der Waals surface area contributed by atoms with Crippen molar-refractivity contribution in [2.75, 3.05) is 0 Å². The molecule has 1 aromatic carbocycles. The zero-order valence-corrected chi connectivity index (χ0v) is 7.77. The molecule has 0 atom stereocenters. The van der Waals surface area contributed by atoms with Crippen molar-refractivity contribution in [2.45, 2.75) is 0 Å². The number of rotatable bonds is 2. The molecule has 0 N–H and O–H groups in total. The van der Waals surface area contributed by atoms with E-state index in [1.165, 1.54) is 0 Å². The quantitative estimate of drug-likeness (QED) is 0.670. The van der Waals surface area contributed by atoms with Gasteiger partial charge in [0.2, 0.25) is 11.5 Å². The zero-order chi connectivity index (χ0) is 8.81. The Hall–Kier alpha value is -1.07. The molecule has 12 heavy (non-hydrogen) atoms. The lowest BCUT2D eigenvalue weighted by Gasteiger charge is -1.90. The normalized spacial score (nSPS) is 8.67. The van der Waals surface area contributed by atoms with Crippen LogP contribution in [0.5, 0.6) is 0 Å². The Morgan fingerprint density at radius 1 is 1.08 bits per heavy atom.